The SMILES string of the molecule is COc1ccc(C(=O)c2ccc(C(C)(c3ccccc3)S(N)(=O)=O)n2C)cc1. The Morgan fingerprint density at radius 1 is 1.00 bits per heavy atom. The van der Waals surface area contributed by atoms with Crippen LogP contribution in [0.15, 0.2) is 66.7 Å². The van der Waals surface area contributed by atoms with Crippen molar-refractivity contribution in [2.45, 2.75) is 11.7 Å². The average molecular weight is 398 g/mol. The minimum Gasteiger partial charge on any atom is -0.497 e. The van der Waals surface area contributed by atoms with Gasteiger partial charge in [0.05, 0.1) is 12.8 Å². The summed E-state index contributed by atoms with van der Waals surface area (Å²) < 4.78 is 30.4. The first-order chi connectivity index (χ1) is 13.2. The molecule has 0 spiro atoms. The molecule has 0 bridgehead atoms. The van der Waals surface area contributed by atoms with Crippen LogP contribution in [0, 0.1) is 0 Å². The number of hydrogen-bond donors (Lipinski definition) is 1. The van der Waals surface area contributed by atoms with Gasteiger partial charge < -0.3 is 9.30 Å². The van der Waals surface area contributed by atoms with Gasteiger partial charge in [0.2, 0.25) is 15.8 Å². The van der Waals surface area contributed by atoms with Gasteiger partial charge in [-0.3, -0.25) is 4.79 Å². The summed E-state index contributed by atoms with van der Waals surface area (Å²) in [4.78, 5) is 13.0. The van der Waals surface area contributed by atoms with Crippen LogP contribution >= 0.6 is 0 Å². The van der Waals surface area contributed by atoms with E-state index in [0.29, 0.717) is 28.3 Å². The fraction of sp³-hybridized carbons (Fsp3) is 0.190. The van der Waals surface area contributed by atoms with Crippen LogP contribution < -0.4 is 9.88 Å². The van der Waals surface area contributed by atoms with Gasteiger partial charge in [-0.2, -0.15) is 0 Å². The summed E-state index contributed by atoms with van der Waals surface area (Å²) in [7, 11) is -0.809. The lowest BCUT2D eigenvalue weighted by atomic mass is 9.96. The normalized spacial score (nSPS) is 13.7. The van der Waals surface area contributed by atoms with E-state index in [1.54, 1.807) is 92.4 Å². The van der Waals surface area contributed by atoms with Gasteiger partial charge >= 0.3 is 0 Å². The Kier molecular flexibility index (Phi) is 5.14. The molecule has 0 amide bonds. The highest BCUT2D eigenvalue weighted by atomic mass is 32.2. The van der Waals surface area contributed by atoms with Gasteiger partial charge in [0.25, 0.3) is 0 Å². The van der Waals surface area contributed by atoms with E-state index in [2.05, 4.69) is 0 Å². The first kappa shape index (κ1) is 19.9. The molecule has 0 aliphatic heterocycles. The van der Waals surface area contributed by atoms with Crippen molar-refractivity contribution in [2.24, 2.45) is 12.2 Å². The molecule has 1 heterocycles. The minimum atomic E-state index is -4.03. The van der Waals surface area contributed by atoms with Gasteiger partial charge in [-0.25, -0.2) is 13.6 Å². The summed E-state index contributed by atoms with van der Waals surface area (Å²) in [6.07, 6.45) is 0. The Morgan fingerprint density at radius 3 is 2.14 bits per heavy atom. The van der Waals surface area contributed by atoms with Crippen LogP contribution in [0.2, 0.25) is 0 Å². The number of benzene rings is 2. The summed E-state index contributed by atoms with van der Waals surface area (Å²) in [6, 6.07) is 18.7. The van der Waals surface area contributed by atoms with Crippen LogP contribution in [0.1, 0.15) is 34.2 Å². The maximum atomic E-state index is 13.0. The Hall–Kier alpha value is -2.90. The van der Waals surface area contributed by atoms with Crippen molar-refractivity contribution in [1.82, 2.24) is 4.57 Å². The van der Waals surface area contributed by atoms with Crippen LogP contribution in [0.25, 0.3) is 0 Å². The van der Waals surface area contributed by atoms with Gasteiger partial charge in [0, 0.05) is 18.3 Å². The molecule has 0 aliphatic carbocycles. The van der Waals surface area contributed by atoms with E-state index >= 15 is 0 Å². The zero-order valence-corrected chi connectivity index (χ0v) is 16.7. The van der Waals surface area contributed by atoms with Crippen molar-refractivity contribution in [3.8, 4) is 5.75 Å². The van der Waals surface area contributed by atoms with E-state index in [1.165, 1.54) is 0 Å². The minimum absolute atomic E-state index is 0.221. The Labute approximate surface area is 164 Å². The molecule has 28 heavy (non-hydrogen) atoms. The second-order valence-electron chi connectivity index (χ2n) is 6.66. The molecule has 146 valence electrons. The molecule has 1 aromatic heterocycles. The molecule has 3 aromatic rings. The van der Waals surface area contributed by atoms with E-state index in [1.807, 2.05) is 0 Å². The van der Waals surface area contributed by atoms with Gasteiger partial charge in [0.1, 0.15) is 10.5 Å². The molecule has 7 heteroatoms. The van der Waals surface area contributed by atoms with Crippen molar-refractivity contribution in [3.05, 3.63) is 89.2 Å². The summed E-state index contributed by atoms with van der Waals surface area (Å²) in [5, 5.41) is 5.64. The van der Waals surface area contributed by atoms with Gasteiger partial charge in [-0.1, -0.05) is 30.3 Å². The smallest absolute Gasteiger partial charge is 0.224 e. The number of methoxy groups -OCH3 is 1. The van der Waals surface area contributed by atoms with E-state index in [4.69, 9.17) is 9.88 Å². The molecule has 2 N–H and O–H groups in total. The van der Waals surface area contributed by atoms with Crippen molar-refractivity contribution >= 4 is 15.8 Å². The quantitative estimate of drug-likeness (QED) is 0.647. The topological polar surface area (TPSA) is 91.4 Å². The van der Waals surface area contributed by atoms with Crippen molar-refractivity contribution in [2.75, 3.05) is 7.11 Å². The Morgan fingerprint density at radius 2 is 1.61 bits per heavy atom. The molecule has 0 saturated carbocycles. The highest BCUT2D eigenvalue weighted by molar-refractivity contribution is 7.90. The number of sulfonamides is 1. The number of carbonyl (C=O) groups is 1. The third-order valence-electron chi connectivity index (χ3n) is 5.09. The number of nitrogens with zero attached hydrogens (tertiary/aromatic N) is 1. The predicted molar refractivity (Wildman–Crippen MR) is 108 cm³/mol. The highest BCUT2D eigenvalue weighted by Crippen LogP contribution is 2.36. The zero-order chi connectivity index (χ0) is 20.5. The summed E-state index contributed by atoms with van der Waals surface area (Å²) >= 11 is 0. The summed E-state index contributed by atoms with van der Waals surface area (Å²) in [6.45, 7) is 1.55. The lowest BCUT2D eigenvalue weighted by Crippen LogP contribution is -2.40. The van der Waals surface area contributed by atoms with E-state index in [0.717, 1.165) is 0 Å². The average Bonchev–Trinajstić information content (AvgIpc) is 3.08. The summed E-state index contributed by atoms with van der Waals surface area (Å²) in [5.74, 6) is 0.427. The number of nitrogens with two attached hydrogens (primary N) is 1. The molecule has 1 unspecified atom stereocenters. The van der Waals surface area contributed by atoms with Gasteiger partial charge in [-0.15, -0.1) is 0 Å². The van der Waals surface area contributed by atoms with Crippen molar-refractivity contribution in [3.63, 3.8) is 0 Å². The number of aromatic nitrogens is 1. The fourth-order valence-electron chi connectivity index (χ4n) is 3.32. The third-order valence-corrected chi connectivity index (χ3v) is 6.67. The number of carbonyl (C=O) groups excluding carboxylic acids is 1. The maximum absolute atomic E-state index is 13.0. The lowest BCUT2D eigenvalue weighted by Gasteiger charge is -2.29. The van der Waals surface area contributed by atoms with E-state index in [-0.39, 0.29) is 5.78 Å². The maximum Gasteiger partial charge on any atom is 0.224 e. The number of ketones is 1. The van der Waals surface area contributed by atoms with Crippen LogP contribution in [0.5, 0.6) is 5.75 Å². The first-order valence-corrected chi connectivity index (χ1v) is 10.2. The number of ether oxygens (including phenoxy) is 1. The van der Waals surface area contributed by atoms with E-state index < -0.39 is 14.8 Å². The van der Waals surface area contributed by atoms with Crippen LogP contribution in [-0.4, -0.2) is 25.9 Å². The molecule has 2 aromatic carbocycles. The monoisotopic (exact) mass is 398 g/mol. The van der Waals surface area contributed by atoms with E-state index in [9.17, 15) is 13.2 Å². The third kappa shape index (κ3) is 3.23. The fourth-order valence-corrected chi connectivity index (χ4v) is 4.28. The van der Waals surface area contributed by atoms with Crippen molar-refractivity contribution in [1.29, 1.82) is 0 Å². The number of hydrogen-bond acceptors (Lipinski definition) is 4. The Balaban J connectivity index is 2.11. The molecule has 1 atom stereocenters. The molecule has 6 nitrogen and oxygen atoms in total. The van der Waals surface area contributed by atoms with Crippen LogP contribution in [-0.2, 0) is 21.8 Å². The molecule has 0 radical (unpaired) electrons. The van der Waals surface area contributed by atoms with Crippen LogP contribution in [0.4, 0.5) is 0 Å². The number of rotatable bonds is 6. The molecular formula is C21H22N2O4S. The van der Waals surface area contributed by atoms with Crippen LogP contribution in [0.3, 0.4) is 0 Å². The van der Waals surface area contributed by atoms with Gasteiger partial charge in [0.15, 0.2) is 0 Å². The second-order valence-corrected chi connectivity index (χ2v) is 8.57. The first-order valence-electron chi connectivity index (χ1n) is 8.63. The molecule has 3 rings (SSSR count). The predicted octanol–water partition coefficient (Wildman–Crippen LogP) is 2.82. The largest absolute Gasteiger partial charge is 0.497 e. The van der Waals surface area contributed by atoms with Gasteiger partial charge in [-0.05, 0) is 48.9 Å². The molecule has 0 fully saturated rings. The highest BCUT2D eigenvalue weighted by Gasteiger charge is 2.43. The molecule has 0 aliphatic rings. The summed E-state index contributed by atoms with van der Waals surface area (Å²) in [5.41, 5.74) is 1.79. The molecule has 0 saturated heterocycles. The lowest BCUT2D eigenvalue weighted by molar-refractivity contribution is 0.103. The number of primary sulfonamides is 1. The zero-order valence-electron chi connectivity index (χ0n) is 15.9. The standard InChI is InChI=1S/C21H22N2O4S/c1-21(28(22,25)26,16-7-5-4-6-8-16)19-14-13-18(23(19)2)20(24)15-9-11-17(27-3)12-10-15/h4-14H,1-3H3,(H2,22,25,26). The molecular weight excluding hydrogens is 376 g/mol. The second kappa shape index (κ2) is 7.26. The Bertz CT molecular complexity index is 1100. The van der Waals surface area contributed by atoms with Crippen molar-refractivity contribution < 1.29 is 17.9 Å².